The van der Waals surface area contributed by atoms with Crippen LogP contribution in [0.2, 0.25) is 0 Å². The summed E-state index contributed by atoms with van der Waals surface area (Å²) < 4.78 is 12.1. The van der Waals surface area contributed by atoms with Crippen molar-refractivity contribution in [2.24, 2.45) is 0 Å². The number of ether oxygens (including phenoxy) is 2. The second kappa shape index (κ2) is 6.44. The lowest BCUT2D eigenvalue weighted by Crippen LogP contribution is -2.07. The summed E-state index contributed by atoms with van der Waals surface area (Å²) in [6.45, 7) is 2.48. The summed E-state index contributed by atoms with van der Waals surface area (Å²) in [7, 11) is 1.38. The minimum Gasteiger partial charge on any atom is -0.494 e. The van der Waals surface area contributed by atoms with Gasteiger partial charge in [-0.25, -0.2) is 0 Å². The zero-order valence-electron chi connectivity index (χ0n) is 9.05. The van der Waals surface area contributed by atoms with E-state index in [0.29, 0.717) is 6.61 Å². The summed E-state index contributed by atoms with van der Waals surface area (Å²) in [4.78, 5) is 11.3. The molecule has 0 saturated heterocycles. The van der Waals surface area contributed by atoms with E-state index in [0.717, 1.165) is 19.4 Å². The van der Waals surface area contributed by atoms with E-state index >= 15 is 0 Å². The maximum atomic E-state index is 11.3. The van der Waals surface area contributed by atoms with Crippen LogP contribution in [0.15, 0.2) is 16.6 Å². The second-order valence-corrected chi connectivity index (χ2v) is 5.15. The molecule has 0 fully saturated rings. The SMILES string of the molecule is CCOc1cc(I)cc(Br)c1CC(=O)OC. The van der Waals surface area contributed by atoms with Crippen LogP contribution in [0.1, 0.15) is 12.5 Å². The molecule has 5 heteroatoms. The molecule has 0 bridgehead atoms. The van der Waals surface area contributed by atoms with Crippen LogP contribution in [0.25, 0.3) is 0 Å². The Morgan fingerprint density at radius 2 is 2.19 bits per heavy atom. The number of hydrogen-bond acceptors (Lipinski definition) is 3. The molecule has 0 saturated carbocycles. The highest BCUT2D eigenvalue weighted by molar-refractivity contribution is 14.1. The number of methoxy groups -OCH3 is 1. The van der Waals surface area contributed by atoms with Gasteiger partial charge in [-0.2, -0.15) is 0 Å². The lowest BCUT2D eigenvalue weighted by Gasteiger charge is -2.12. The number of esters is 1. The normalized spacial score (nSPS) is 10.0. The third-order valence-electron chi connectivity index (χ3n) is 1.97. The summed E-state index contributed by atoms with van der Waals surface area (Å²) in [5, 5.41) is 0. The predicted octanol–water partition coefficient (Wildman–Crippen LogP) is 3.17. The molecule has 0 aliphatic carbocycles. The maximum Gasteiger partial charge on any atom is 0.310 e. The Morgan fingerprint density at radius 3 is 2.75 bits per heavy atom. The van der Waals surface area contributed by atoms with Gasteiger partial charge in [-0.15, -0.1) is 0 Å². The molecular formula is C11H12BrIO3. The summed E-state index contributed by atoms with van der Waals surface area (Å²) in [5.74, 6) is 0.453. The highest BCUT2D eigenvalue weighted by atomic mass is 127. The zero-order valence-corrected chi connectivity index (χ0v) is 12.8. The van der Waals surface area contributed by atoms with Gasteiger partial charge in [0.1, 0.15) is 5.75 Å². The van der Waals surface area contributed by atoms with Gasteiger partial charge < -0.3 is 9.47 Å². The van der Waals surface area contributed by atoms with Crippen LogP contribution in [-0.2, 0) is 16.0 Å². The van der Waals surface area contributed by atoms with Gasteiger partial charge in [0.05, 0.1) is 20.1 Å². The third-order valence-corrected chi connectivity index (χ3v) is 3.30. The fourth-order valence-corrected chi connectivity index (χ4v) is 2.86. The van der Waals surface area contributed by atoms with E-state index in [4.69, 9.17) is 4.74 Å². The monoisotopic (exact) mass is 398 g/mol. The van der Waals surface area contributed by atoms with Crippen molar-refractivity contribution in [2.45, 2.75) is 13.3 Å². The topological polar surface area (TPSA) is 35.5 Å². The number of benzene rings is 1. The largest absolute Gasteiger partial charge is 0.494 e. The predicted molar refractivity (Wildman–Crippen MR) is 73.7 cm³/mol. The van der Waals surface area contributed by atoms with Crippen molar-refractivity contribution in [1.29, 1.82) is 0 Å². The van der Waals surface area contributed by atoms with Crippen molar-refractivity contribution in [1.82, 2.24) is 0 Å². The molecule has 1 aromatic rings. The van der Waals surface area contributed by atoms with Crippen LogP contribution in [0.5, 0.6) is 5.75 Å². The Hall–Kier alpha value is -0.300. The average Bonchev–Trinajstić information content (AvgIpc) is 2.23. The van der Waals surface area contributed by atoms with Gasteiger partial charge in [0.15, 0.2) is 0 Å². The molecule has 0 atom stereocenters. The lowest BCUT2D eigenvalue weighted by molar-refractivity contribution is -0.139. The fourth-order valence-electron chi connectivity index (χ4n) is 1.25. The molecule has 3 nitrogen and oxygen atoms in total. The van der Waals surface area contributed by atoms with Gasteiger partial charge >= 0.3 is 5.97 Å². The van der Waals surface area contributed by atoms with E-state index in [1.807, 2.05) is 19.1 Å². The van der Waals surface area contributed by atoms with Crippen LogP contribution in [0, 0.1) is 3.57 Å². The minimum absolute atomic E-state index is 0.212. The van der Waals surface area contributed by atoms with Gasteiger partial charge in [-0.05, 0) is 41.6 Å². The van der Waals surface area contributed by atoms with Crippen LogP contribution in [0.3, 0.4) is 0 Å². The Labute approximate surface area is 117 Å². The highest BCUT2D eigenvalue weighted by Gasteiger charge is 2.14. The van der Waals surface area contributed by atoms with Crippen molar-refractivity contribution in [2.75, 3.05) is 13.7 Å². The van der Waals surface area contributed by atoms with Gasteiger partial charge in [-0.3, -0.25) is 4.79 Å². The molecule has 0 spiro atoms. The number of carbonyl (C=O) groups excluding carboxylic acids is 1. The molecule has 0 aliphatic rings. The molecule has 0 heterocycles. The van der Waals surface area contributed by atoms with E-state index in [1.165, 1.54) is 7.11 Å². The molecule has 1 rings (SSSR count). The molecule has 0 aromatic heterocycles. The Bertz CT molecular complexity index is 393. The first-order valence-electron chi connectivity index (χ1n) is 4.76. The summed E-state index contributed by atoms with van der Waals surface area (Å²) in [6, 6.07) is 3.86. The van der Waals surface area contributed by atoms with E-state index in [9.17, 15) is 4.79 Å². The van der Waals surface area contributed by atoms with Crippen molar-refractivity contribution >= 4 is 44.5 Å². The van der Waals surface area contributed by atoms with E-state index in [2.05, 4.69) is 43.3 Å². The molecule has 88 valence electrons. The number of rotatable bonds is 4. The standard InChI is InChI=1S/C11H12BrIO3/c1-3-16-10-5-7(13)4-9(12)8(10)6-11(14)15-2/h4-5H,3,6H2,1-2H3. The second-order valence-electron chi connectivity index (χ2n) is 3.05. The Morgan fingerprint density at radius 1 is 1.50 bits per heavy atom. The molecule has 0 aliphatic heterocycles. The van der Waals surface area contributed by atoms with Crippen molar-refractivity contribution in [3.8, 4) is 5.75 Å². The molecule has 0 N–H and O–H groups in total. The fraction of sp³-hybridized carbons (Fsp3) is 0.364. The molecule has 16 heavy (non-hydrogen) atoms. The average molecular weight is 399 g/mol. The van der Waals surface area contributed by atoms with E-state index in [-0.39, 0.29) is 12.4 Å². The molecule has 0 amide bonds. The van der Waals surface area contributed by atoms with Gasteiger partial charge in [0.2, 0.25) is 0 Å². The van der Waals surface area contributed by atoms with Crippen molar-refractivity contribution < 1.29 is 14.3 Å². The van der Waals surface area contributed by atoms with Gasteiger partial charge in [0.25, 0.3) is 0 Å². The molecular weight excluding hydrogens is 387 g/mol. The molecule has 0 radical (unpaired) electrons. The zero-order chi connectivity index (χ0) is 12.1. The van der Waals surface area contributed by atoms with Gasteiger partial charge in [0, 0.05) is 13.6 Å². The first kappa shape index (κ1) is 13.8. The van der Waals surface area contributed by atoms with Crippen LogP contribution < -0.4 is 4.74 Å². The van der Waals surface area contributed by atoms with Crippen LogP contribution >= 0.6 is 38.5 Å². The quantitative estimate of drug-likeness (QED) is 0.577. The van der Waals surface area contributed by atoms with E-state index < -0.39 is 0 Å². The Balaban J connectivity index is 3.08. The minimum atomic E-state index is -0.275. The number of carbonyl (C=O) groups is 1. The number of hydrogen-bond donors (Lipinski definition) is 0. The smallest absolute Gasteiger partial charge is 0.310 e. The van der Waals surface area contributed by atoms with Crippen LogP contribution in [-0.4, -0.2) is 19.7 Å². The molecule has 0 unspecified atom stereocenters. The van der Waals surface area contributed by atoms with Crippen LogP contribution in [0.4, 0.5) is 0 Å². The first-order valence-corrected chi connectivity index (χ1v) is 6.63. The summed E-state index contributed by atoms with van der Waals surface area (Å²) >= 11 is 5.64. The van der Waals surface area contributed by atoms with Gasteiger partial charge in [-0.1, -0.05) is 15.9 Å². The lowest BCUT2D eigenvalue weighted by atomic mass is 10.1. The number of halogens is 2. The van der Waals surface area contributed by atoms with Crippen molar-refractivity contribution in [3.05, 3.63) is 25.7 Å². The van der Waals surface area contributed by atoms with E-state index in [1.54, 1.807) is 0 Å². The summed E-state index contributed by atoms with van der Waals surface area (Å²) in [5.41, 5.74) is 0.828. The highest BCUT2D eigenvalue weighted by Crippen LogP contribution is 2.30. The summed E-state index contributed by atoms with van der Waals surface area (Å²) in [6.07, 6.45) is 0.212. The third kappa shape index (κ3) is 3.62. The molecule has 1 aromatic carbocycles. The van der Waals surface area contributed by atoms with Crippen molar-refractivity contribution in [3.63, 3.8) is 0 Å². The Kier molecular flexibility index (Phi) is 5.54. The maximum absolute atomic E-state index is 11.3. The first-order chi connectivity index (χ1) is 7.58.